The van der Waals surface area contributed by atoms with Crippen molar-refractivity contribution in [1.82, 2.24) is 4.98 Å². The molecule has 19 heavy (non-hydrogen) atoms. The smallest absolute Gasteiger partial charge is 0.169 e. The zero-order valence-electron chi connectivity index (χ0n) is 10.8. The Bertz CT molecular complexity index is 773. The van der Waals surface area contributed by atoms with Crippen LogP contribution >= 0.6 is 11.3 Å². The fourth-order valence-electron chi connectivity index (χ4n) is 2.12. The van der Waals surface area contributed by atoms with Crippen LogP contribution in [-0.4, -0.2) is 10.8 Å². The predicted molar refractivity (Wildman–Crippen MR) is 79.8 cm³/mol. The van der Waals surface area contributed by atoms with Crippen LogP contribution in [0.1, 0.15) is 22.3 Å². The van der Waals surface area contributed by atoms with E-state index in [1.807, 2.05) is 31.2 Å². The van der Waals surface area contributed by atoms with Crippen LogP contribution in [0.4, 0.5) is 0 Å². The van der Waals surface area contributed by atoms with E-state index in [1.165, 1.54) is 11.3 Å². The second-order valence-corrected chi connectivity index (χ2v) is 5.63. The number of benzene rings is 1. The first kappa shape index (κ1) is 12.1. The van der Waals surface area contributed by atoms with Crippen molar-refractivity contribution in [2.24, 2.45) is 0 Å². The Labute approximate surface area is 115 Å². The predicted octanol–water partition coefficient (Wildman–Crippen LogP) is 4.47. The number of rotatable bonds is 2. The van der Waals surface area contributed by atoms with Gasteiger partial charge in [0.25, 0.3) is 0 Å². The molecular formula is C16H13NOS. The molecule has 0 fully saturated rings. The maximum atomic E-state index is 11.4. The van der Waals surface area contributed by atoms with Gasteiger partial charge in [0.15, 0.2) is 5.78 Å². The van der Waals surface area contributed by atoms with Gasteiger partial charge in [-0.05, 0) is 32.0 Å². The highest BCUT2D eigenvalue weighted by Gasteiger charge is 2.10. The average molecular weight is 267 g/mol. The van der Waals surface area contributed by atoms with Crippen LogP contribution in [0.2, 0.25) is 0 Å². The molecule has 0 saturated carbocycles. The molecule has 0 radical (unpaired) electrons. The number of para-hydroxylation sites is 1. The molecule has 94 valence electrons. The number of thiophene rings is 1. The molecule has 0 bridgehead atoms. The van der Waals surface area contributed by atoms with Gasteiger partial charge in [-0.2, -0.15) is 0 Å². The minimum absolute atomic E-state index is 0.112. The topological polar surface area (TPSA) is 30.0 Å². The number of pyridine rings is 1. The van der Waals surface area contributed by atoms with Crippen molar-refractivity contribution in [1.29, 1.82) is 0 Å². The van der Waals surface area contributed by atoms with Crippen molar-refractivity contribution in [2.45, 2.75) is 13.8 Å². The quantitative estimate of drug-likeness (QED) is 0.641. The lowest BCUT2D eigenvalue weighted by molar-refractivity contribution is 0.102. The van der Waals surface area contributed by atoms with Crippen molar-refractivity contribution in [3.05, 3.63) is 53.0 Å². The standard InChI is InChI=1S/C16H13NOS/c1-10-6-7-12-4-3-5-13(16(12)17-10)15-9-8-14(19-15)11(2)18/h3-9H,1-2H3. The van der Waals surface area contributed by atoms with Gasteiger partial charge in [0, 0.05) is 21.5 Å². The molecule has 0 atom stereocenters. The lowest BCUT2D eigenvalue weighted by Crippen LogP contribution is -1.86. The molecule has 3 rings (SSSR count). The third-order valence-electron chi connectivity index (χ3n) is 3.08. The summed E-state index contributed by atoms with van der Waals surface area (Å²) in [6.45, 7) is 3.59. The lowest BCUT2D eigenvalue weighted by atomic mass is 10.1. The monoisotopic (exact) mass is 267 g/mol. The van der Waals surface area contributed by atoms with Crippen LogP contribution in [0.25, 0.3) is 21.3 Å². The summed E-state index contributed by atoms with van der Waals surface area (Å²) < 4.78 is 0. The number of hydrogen-bond acceptors (Lipinski definition) is 3. The number of fused-ring (bicyclic) bond motifs is 1. The van der Waals surface area contributed by atoms with Gasteiger partial charge in [0.2, 0.25) is 0 Å². The van der Waals surface area contributed by atoms with E-state index in [0.717, 1.165) is 31.9 Å². The second-order valence-electron chi connectivity index (χ2n) is 4.55. The van der Waals surface area contributed by atoms with E-state index in [2.05, 4.69) is 23.2 Å². The average Bonchev–Trinajstić information content (AvgIpc) is 2.87. The summed E-state index contributed by atoms with van der Waals surface area (Å²) in [6, 6.07) is 14.1. The third-order valence-corrected chi connectivity index (χ3v) is 4.30. The molecule has 0 N–H and O–H groups in total. The van der Waals surface area contributed by atoms with Crippen LogP contribution in [0.3, 0.4) is 0 Å². The Kier molecular flexibility index (Phi) is 2.91. The summed E-state index contributed by atoms with van der Waals surface area (Å²) in [7, 11) is 0. The number of carbonyl (C=O) groups is 1. The van der Waals surface area contributed by atoms with E-state index in [4.69, 9.17) is 0 Å². The SMILES string of the molecule is CC(=O)c1ccc(-c2cccc3ccc(C)nc23)s1. The van der Waals surface area contributed by atoms with Crippen molar-refractivity contribution < 1.29 is 4.79 Å². The maximum Gasteiger partial charge on any atom is 0.169 e. The van der Waals surface area contributed by atoms with Crippen LogP contribution in [-0.2, 0) is 0 Å². The van der Waals surface area contributed by atoms with Gasteiger partial charge in [-0.15, -0.1) is 11.3 Å². The highest BCUT2D eigenvalue weighted by Crippen LogP contribution is 2.33. The van der Waals surface area contributed by atoms with Gasteiger partial charge in [-0.3, -0.25) is 9.78 Å². The molecule has 0 aliphatic rings. The summed E-state index contributed by atoms with van der Waals surface area (Å²) in [5.74, 6) is 0.112. The summed E-state index contributed by atoms with van der Waals surface area (Å²) in [6.07, 6.45) is 0. The van der Waals surface area contributed by atoms with Crippen molar-refractivity contribution in [2.75, 3.05) is 0 Å². The summed E-state index contributed by atoms with van der Waals surface area (Å²) in [5.41, 5.74) is 3.10. The number of nitrogens with zero attached hydrogens (tertiary/aromatic N) is 1. The first-order valence-electron chi connectivity index (χ1n) is 6.12. The van der Waals surface area contributed by atoms with Gasteiger partial charge in [-0.25, -0.2) is 0 Å². The summed E-state index contributed by atoms with van der Waals surface area (Å²) >= 11 is 1.53. The lowest BCUT2D eigenvalue weighted by Gasteiger charge is -2.04. The van der Waals surface area contributed by atoms with Gasteiger partial charge in [0.1, 0.15) is 0 Å². The minimum Gasteiger partial charge on any atom is -0.294 e. The van der Waals surface area contributed by atoms with Crippen LogP contribution in [0, 0.1) is 6.92 Å². The van der Waals surface area contributed by atoms with Crippen LogP contribution < -0.4 is 0 Å². The number of hydrogen-bond donors (Lipinski definition) is 0. The van der Waals surface area contributed by atoms with E-state index >= 15 is 0 Å². The third kappa shape index (κ3) is 2.17. The van der Waals surface area contributed by atoms with Crippen LogP contribution in [0.5, 0.6) is 0 Å². The number of aromatic nitrogens is 1. The fourth-order valence-corrected chi connectivity index (χ4v) is 3.04. The molecule has 0 spiro atoms. The normalized spacial score (nSPS) is 10.8. The molecule has 0 saturated heterocycles. The Balaban J connectivity index is 2.23. The molecule has 1 aromatic carbocycles. The molecule has 3 aromatic rings. The van der Waals surface area contributed by atoms with E-state index in [0.29, 0.717) is 0 Å². The van der Waals surface area contributed by atoms with Gasteiger partial charge in [-0.1, -0.05) is 24.3 Å². The van der Waals surface area contributed by atoms with E-state index < -0.39 is 0 Å². The number of Topliss-reactive ketones (excluding diaryl/α,β-unsaturated/α-hetero) is 1. The van der Waals surface area contributed by atoms with E-state index in [1.54, 1.807) is 6.92 Å². The molecule has 0 aliphatic carbocycles. The van der Waals surface area contributed by atoms with Crippen molar-refractivity contribution >= 4 is 28.0 Å². The number of aryl methyl sites for hydroxylation is 1. The largest absolute Gasteiger partial charge is 0.294 e. The summed E-state index contributed by atoms with van der Waals surface area (Å²) in [4.78, 5) is 17.9. The summed E-state index contributed by atoms with van der Waals surface area (Å²) in [5, 5.41) is 1.13. The zero-order chi connectivity index (χ0) is 13.4. The van der Waals surface area contributed by atoms with E-state index in [9.17, 15) is 4.79 Å². The molecule has 3 heteroatoms. The second kappa shape index (κ2) is 4.59. The first-order chi connectivity index (χ1) is 9.15. The molecule has 0 aliphatic heterocycles. The number of carbonyl (C=O) groups excluding carboxylic acids is 1. The molecule has 2 heterocycles. The highest BCUT2D eigenvalue weighted by molar-refractivity contribution is 7.17. The maximum absolute atomic E-state index is 11.4. The molecule has 0 amide bonds. The first-order valence-corrected chi connectivity index (χ1v) is 6.94. The molecule has 2 nitrogen and oxygen atoms in total. The Morgan fingerprint density at radius 1 is 1.11 bits per heavy atom. The van der Waals surface area contributed by atoms with Gasteiger partial charge in [0.05, 0.1) is 10.4 Å². The molecular weight excluding hydrogens is 254 g/mol. The highest BCUT2D eigenvalue weighted by atomic mass is 32.1. The Hall–Kier alpha value is -2.00. The molecule has 0 unspecified atom stereocenters. The minimum atomic E-state index is 0.112. The van der Waals surface area contributed by atoms with Crippen molar-refractivity contribution in [3.8, 4) is 10.4 Å². The zero-order valence-corrected chi connectivity index (χ0v) is 11.6. The Morgan fingerprint density at radius 2 is 1.95 bits per heavy atom. The Morgan fingerprint density at radius 3 is 2.68 bits per heavy atom. The fraction of sp³-hybridized carbons (Fsp3) is 0.125. The van der Waals surface area contributed by atoms with Gasteiger partial charge >= 0.3 is 0 Å². The van der Waals surface area contributed by atoms with Crippen LogP contribution in [0.15, 0.2) is 42.5 Å². The van der Waals surface area contributed by atoms with Crippen molar-refractivity contribution in [3.63, 3.8) is 0 Å². The molecule has 2 aromatic heterocycles. The number of ketones is 1. The van der Waals surface area contributed by atoms with E-state index in [-0.39, 0.29) is 5.78 Å². The van der Waals surface area contributed by atoms with Gasteiger partial charge < -0.3 is 0 Å².